The summed E-state index contributed by atoms with van der Waals surface area (Å²) in [5.41, 5.74) is 1.66. The molecule has 4 nitrogen and oxygen atoms in total. The van der Waals surface area contributed by atoms with E-state index in [9.17, 15) is 4.79 Å². The lowest BCUT2D eigenvalue weighted by Gasteiger charge is -2.04. The van der Waals surface area contributed by atoms with Gasteiger partial charge in [0.25, 0.3) is 0 Å². The molecular weight excluding hydrogens is 393 g/mol. The highest BCUT2D eigenvalue weighted by Gasteiger charge is 2.10. The van der Waals surface area contributed by atoms with Crippen LogP contribution in [0.3, 0.4) is 0 Å². The number of hydrogen-bond acceptors (Lipinski definition) is 2. The molecule has 7 heteroatoms. The smallest absolute Gasteiger partial charge is 0.249 e. The third-order valence-corrected chi connectivity index (χ3v) is 4.56. The van der Waals surface area contributed by atoms with Gasteiger partial charge < -0.3 is 5.32 Å². The Hall–Kier alpha value is -2.27. The van der Waals surface area contributed by atoms with E-state index >= 15 is 0 Å². The van der Waals surface area contributed by atoms with Crippen molar-refractivity contribution < 1.29 is 4.79 Å². The monoisotopic (exact) mass is 405 g/mol. The fourth-order valence-electron chi connectivity index (χ4n) is 2.30. The van der Waals surface area contributed by atoms with Crippen LogP contribution in [0, 0.1) is 0 Å². The molecule has 132 valence electrons. The molecule has 0 radical (unpaired) electrons. The third-order valence-electron chi connectivity index (χ3n) is 3.57. The summed E-state index contributed by atoms with van der Waals surface area (Å²) in [5, 5.41) is 8.51. The van der Waals surface area contributed by atoms with Crippen molar-refractivity contribution in [2.24, 2.45) is 0 Å². The molecule has 26 heavy (non-hydrogen) atoms. The van der Waals surface area contributed by atoms with Gasteiger partial charge in [-0.05, 0) is 29.3 Å². The van der Waals surface area contributed by atoms with Crippen molar-refractivity contribution >= 4 is 52.6 Å². The lowest BCUT2D eigenvalue weighted by Crippen LogP contribution is -2.09. The standard InChI is InChI=1S/C19H14Cl3N3O/c20-15-7-3-1-5-13(15)9-10-18(26)23-19-17(22)12-25(24-19)11-14-6-2-4-8-16(14)21/h1-10,12H,11H2,(H,23,24,26)/b10-9+. The van der Waals surface area contributed by atoms with Crippen LogP contribution in [-0.2, 0) is 11.3 Å². The van der Waals surface area contributed by atoms with E-state index in [1.54, 1.807) is 23.0 Å². The van der Waals surface area contributed by atoms with Gasteiger partial charge in [0.15, 0.2) is 5.82 Å². The van der Waals surface area contributed by atoms with Crippen LogP contribution in [0.4, 0.5) is 5.82 Å². The van der Waals surface area contributed by atoms with E-state index in [1.807, 2.05) is 42.5 Å². The second-order valence-electron chi connectivity index (χ2n) is 5.46. The number of nitrogens with zero attached hydrogens (tertiary/aromatic N) is 2. The largest absolute Gasteiger partial charge is 0.304 e. The minimum absolute atomic E-state index is 0.285. The van der Waals surface area contributed by atoms with Crippen molar-refractivity contribution in [1.29, 1.82) is 0 Å². The molecule has 0 aliphatic carbocycles. The maximum atomic E-state index is 12.1. The number of halogens is 3. The number of carbonyl (C=O) groups is 1. The van der Waals surface area contributed by atoms with Gasteiger partial charge in [-0.15, -0.1) is 0 Å². The Bertz CT molecular complexity index is 966. The molecule has 2 aromatic carbocycles. The van der Waals surface area contributed by atoms with E-state index in [0.29, 0.717) is 21.6 Å². The van der Waals surface area contributed by atoms with E-state index in [1.165, 1.54) is 6.08 Å². The van der Waals surface area contributed by atoms with Crippen molar-refractivity contribution in [2.75, 3.05) is 5.32 Å². The number of amides is 1. The number of anilines is 1. The first-order valence-electron chi connectivity index (χ1n) is 7.73. The van der Waals surface area contributed by atoms with Gasteiger partial charge in [-0.1, -0.05) is 71.2 Å². The molecule has 1 aromatic heterocycles. The highest BCUT2D eigenvalue weighted by molar-refractivity contribution is 6.33. The fraction of sp³-hybridized carbons (Fsp3) is 0.0526. The third kappa shape index (κ3) is 4.67. The zero-order valence-corrected chi connectivity index (χ0v) is 15.8. The summed E-state index contributed by atoms with van der Waals surface area (Å²) in [4.78, 5) is 12.1. The maximum Gasteiger partial charge on any atom is 0.249 e. The second kappa shape index (κ2) is 8.41. The molecule has 3 aromatic rings. The summed E-state index contributed by atoms with van der Waals surface area (Å²) in [7, 11) is 0. The summed E-state index contributed by atoms with van der Waals surface area (Å²) < 4.78 is 1.62. The van der Waals surface area contributed by atoms with E-state index in [-0.39, 0.29) is 11.7 Å². The van der Waals surface area contributed by atoms with Crippen molar-refractivity contribution in [3.63, 3.8) is 0 Å². The lowest BCUT2D eigenvalue weighted by atomic mass is 10.2. The Morgan fingerprint density at radius 3 is 2.42 bits per heavy atom. The van der Waals surface area contributed by atoms with Crippen molar-refractivity contribution in [1.82, 2.24) is 9.78 Å². The van der Waals surface area contributed by atoms with Crippen LogP contribution in [0.2, 0.25) is 15.1 Å². The van der Waals surface area contributed by atoms with Crippen LogP contribution in [0.15, 0.2) is 60.8 Å². The van der Waals surface area contributed by atoms with E-state index in [0.717, 1.165) is 11.1 Å². The molecule has 0 saturated heterocycles. The molecule has 1 N–H and O–H groups in total. The molecule has 0 aliphatic rings. The average molecular weight is 407 g/mol. The van der Waals surface area contributed by atoms with Crippen LogP contribution in [0.1, 0.15) is 11.1 Å². The van der Waals surface area contributed by atoms with Crippen LogP contribution < -0.4 is 5.32 Å². The Balaban J connectivity index is 1.69. The zero-order valence-electron chi connectivity index (χ0n) is 13.5. The average Bonchev–Trinajstić information content (AvgIpc) is 2.95. The van der Waals surface area contributed by atoms with Crippen molar-refractivity contribution in [3.8, 4) is 0 Å². The predicted molar refractivity (Wildman–Crippen MR) is 107 cm³/mol. The van der Waals surface area contributed by atoms with Crippen LogP contribution in [0.25, 0.3) is 6.08 Å². The molecule has 0 fully saturated rings. The molecule has 0 saturated carbocycles. The number of aromatic nitrogens is 2. The first kappa shape index (κ1) is 18.5. The Labute approximate surface area is 166 Å². The summed E-state index contributed by atoms with van der Waals surface area (Å²) in [5.74, 6) is -0.0673. The van der Waals surface area contributed by atoms with Gasteiger partial charge >= 0.3 is 0 Å². The van der Waals surface area contributed by atoms with E-state index < -0.39 is 0 Å². The molecule has 0 aliphatic heterocycles. The van der Waals surface area contributed by atoms with Crippen LogP contribution >= 0.6 is 34.8 Å². The maximum absolute atomic E-state index is 12.1. The molecule has 1 amide bonds. The number of carbonyl (C=O) groups excluding carboxylic acids is 1. The first-order valence-corrected chi connectivity index (χ1v) is 8.86. The first-order chi connectivity index (χ1) is 12.5. The number of benzene rings is 2. The number of hydrogen-bond donors (Lipinski definition) is 1. The summed E-state index contributed by atoms with van der Waals surface area (Å²) in [6, 6.07) is 14.7. The van der Waals surface area contributed by atoms with Gasteiger partial charge in [-0.25, -0.2) is 0 Å². The minimum Gasteiger partial charge on any atom is -0.304 e. The Kier molecular flexibility index (Phi) is 5.99. The Morgan fingerprint density at radius 2 is 1.69 bits per heavy atom. The Morgan fingerprint density at radius 1 is 1.00 bits per heavy atom. The molecule has 0 atom stereocenters. The minimum atomic E-state index is -0.352. The predicted octanol–water partition coefficient (Wildman–Crippen LogP) is 5.54. The quantitative estimate of drug-likeness (QED) is 0.565. The molecule has 3 rings (SSSR count). The molecule has 0 spiro atoms. The second-order valence-corrected chi connectivity index (χ2v) is 6.68. The van der Waals surface area contributed by atoms with Crippen molar-refractivity contribution in [2.45, 2.75) is 6.54 Å². The summed E-state index contributed by atoms with van der Waals surface area (Å²) in [6.45, 7) is 0.449. The van der Waals surface area contributed by atoms with Crippen LogP contribution in [0.5, 0.6) is 0 Å². The van der Waals surface area contributed by atoms with Gasteiger partial charge in [0, 0.05) is 22.3 Å². The van der Waals surface area contributed by atoms with Gasteiger partial charge in [0.05, 0.1) is 6.54 Å². The number of rotatable bonds is 5. The molecule has 1 heterocycles. The fourth-order valence-corrected chi connectivity index (χ4v) is 2.89. The van der Waals surface area contributed by atoms with Crippen molar-refractivity contribution in [3.05, 3.63) is 87.0 Å². The molecular formula is C19H14Cl3N3O. The number of nitrogens with one attached hydrogen (secondary N) is 1. The van der Waals surface area contributed by atoms with Crippen LogP contribution in [-0.4, -0.2) is 15.7 Å². The summed E-state index contributed by atoms with van der Waals surface area (Å²) in [6.07, 6.45) is 4.65. The van der Waals surface area contributed by atoms with Gasteiger partial charge in [0.2, 0.25) is 5.91 Å². The highest BCUT2D eigenvalue weighted by atomic mass is 35.5. The normalized spacial score (nSPS) is 11.0. The van der Waals surface area contributed by atoms with Gasteiger partial charge in [0.1, 0.15) is 5.02 Å². The van der Waals surface area contributed by atoms with E-state index in [4.69, 9.17) is 34.8 Å². The summed E-state index contributed by atoms with van der Waals surface area (Å²) >= 11 is 18.4. The highest BCUT2D eigenvalue weighted by Crippen LogP contribution is 2.22. The molecule has 0 unspecified atom stereocenters. The lowest BCUT2D eigenvalue weighted by molar-refractivity contribution is -0.111. The van der Waals surface area contributed by atoms with Gasteiger partial charge in [-0.2, -0.15) is 5.10 Å². The topological polar surface area (TPSA) is 46.9 Å². The molecule has 0 bridgehead atoms. The van der Waals surface area contributed by atoms with Gasteiger partial charge in [-0.3, -0.25) is 9.48 Å². The SMILES string of the molecule is O=C(/C=C/c1ccccc1Cl)Nc1nn(Cc2ccccc2Cl)cc1Cl. The van der Waals surface area contributed by atoms with E-state index in [2.05, 4.69) is 10.4 Å². The zero-order chi connectivity index (χ0) is 18.5.